The number of benzene rings is 1. The molecule has 0 aliphatic carbocycles. The van der Waals surface area contributed by atoms with Gasteiger partial charge in [-0.05, 0) is 24.6 Å². The number of halogens is 4. The normalized spacial score (nSPS) is 20.8. The third kappa shape index (κ3) is 3.22. The fraction of sp³-hybridized carbons (Fsp3) is 0.357. The summed E-state index contributed by atoms with van der Waals surface area (Å²) in [5, 5.41) is 13.6. The zero-order valence-corrected chi connectivity index (χ0v) is 13.1. The average molecular weight is 365 g/mol. The van der Waals surface area contributed by atoms with Crippen LogP contribution >= 0.6 is 11.6 Å². The third-order valence-corrected chi connectivity index (χ3v) is 3.51. The third-order valence-electron chi connectivity index (χ3n) is 3.26. The molecule has 0 unspecified atom stereocenters. The lowest BCUT2D eigenvalue weighted by Gasteiger charge is -2.31. The van der Waals surface area contributed by atoms with Crippen LogP contribution in [0.1, 0.15) is 18.9 Å². The van der Waals surface area contributed by atoms with Crippen LogP contribution in [0.3, 0.4) is 0 Å². The lowest BCUT2D eigenvalue weighted by atomic mass is 10.0. The van der Waals surface area contributed by atoms with Gasteiger partial charge in [0.15, 0.2) is 0 Å². The first-order chi connectivity index (χ1) is 11.1. The van der Waals surface area contributed by atoms with E-state index in [1.165, 1.54) is 31.2 Å². The largest absolute Gasteiger partial charge is 0.459 e. The molecular formula is C14H12ClF3N2O4. The van der Waals surface area contributed by atoms with E-state index in [-0.39, 0.29) is 22.9 Å². The first-order valence-electron chi connectivity index (χ1n) is 6.74. The Morgan fingerprint density at radius 2 is 1.96 bits per heavy atom. The second-order valence-electron chi connectivity index (χ2n) is 4.88. The van der Waals surface area contributed by atoms with E-state index in [1.54, 1.807) is 0 Å². The molecule has 1 aromatic carbocycles. The molecule has 1 aliphatic rings. The Morgan fingerprint density at radius 3 is 2.46 bits per heavy atom. The number of rotatable bonds is 2. The molecule has 0 aromatic heterocycles. The van der Waals surface area contributed by atoms with Crippen molar-refractivity contribution in [1.29, 1.82) is 0 Å². The summed E-state index contributed by atoms with van der Waals surface area (Å²) in [6, 6.07) is 5.61. The van der Waals surface area contributed by atoms with E-state index in [0.29, 0.717) is 5.02 Å². The van der Waals surface area contributed by atoms with Crippen LogP contribution in [0.15, 0.2) is 29.4 Å². The fourth-order valence-corrected chi connectivity index (χ4v) is 2.19. The number of alkyl halides is 3. The highest BCUT2D eigenvalue weighted by molar-refractivity contribution is 6.33. The summed E-state index contributed by atoms with van der Waals surface area (Å²) >= 11 is 5.71. The number of hydrogen-bond acceptors (Lipinski definition) is 5. The van der Waals surface area contributed by atoms with Gasteiger partial charge in [-0.25, -0.2) is 4.79 Å². The van der Waals surface area contributed by atoms with E-state index in [1.807, 2.05) is 0 Å². The lowest BCUT2D eigenvalue weighted by molar-refractivity contribution is -0.302. The van der Waals surface area contributed by atoms with Crippen molar-refractivity contribution in [3.8, 4) is 0 Å². The molecule has 1 aromatic rings. The van der Waals surface area contributed by atoms with E-state index in [9.17, 15) is 27.9 Å². The molecule has 1 N–H and O–H groups in total. The van der Waals surface area contributed by atoms with Crippen LogP contribution < -0.4 is 0 Å². The number of aliphatic hydroxyl groups is 1. The number of ether oxygens (including phenoxy) is 1. The van der Waals surface area contributed by atoms with Gasteiger partial charge in [0.2, 0.25) is 0 Å². The van der Waals surface area contributed by atoms with E-state index in [4.69, 9.17) is 11.6 Å². The Bertz CT molecular complexity index is 690. The highest BCUT2D eigenvalue weighted by Crippen LogP contribution is 2.41. The Balaban J connectivity index is 2.43. The number of carbonyl (C=O) groups excluding carboxylic acids is 2. The molecule has 1 atom stereocenters. The quantitative estimate of drug-likeness (QED) is 0.644. The predicted molar refractivity (Wildman–Crippen MR) is 77.1 cm³/mol. The van der Waals surface area contributed by atoms with E-state index >= 15 is 0 Å². The second-order valence-corrected chi connectivity index (χ2v) is 5.32. The number of nitrogens with zero attached hydrogens (tertiary/aromatic N) is 2. The Kier molecular flexibility index (Phi) is 4.86. The highest BCUT2D eigenvalue weighted by Gasteiger charge is 2.64. The van der Waals surface area contributed by atoms with Crippen LogP contribution in [-0.4, -0.2) is 46.2 Å². The van der Waals surface area contributed by atoms with Gasteiger partial charge in [-0.2, -0.15) is 23.3 Å². The van der Waals surface area contributed by atoms with Crippen molar-refractivity contribution in [3.63, 3.8) is 0 Å². The molecule has 6 nitrogen and oxygen atoms in total. The van der Waals surface area contributed by atoms with Gasteiger partial charge in [0.1, 0.15) is 0 Å². The van der Waals surface area contributed by atoms with Gasteiger partial charge in [-0.3, -0.25) is 4.79 Å². The van der Waals surface area contributed by atoms with Crippen molar-refractivity contribution < 1.29 is 32.6 Å². The number of hydrogen-bond donors (Lipinski definition) is 1. The predicted octanol–water partition coefficient (Wildman–Crippen LogP) is 2.09. The van der Waals surface area contributed by atoms with Crippen LogP contribution in [0.2, 0.25) is 5.02 Å². The molecule has 1 heterocycles. The maximum Gasteiger partial charge on any atom is 0.438 e. The maximum atomic E-state index is 13.3. The van der Waals surface area contributed by atoms with Crippen molar-refractivity contribution in [2.75, 3.05) is 6.61 Å². The smallest absolute Gasteiger partial charge is 0.438 e. The number of hydrazone groups is 1. The van der Waals surface area contributed by atoms with Crippen molar-refractivity contribution in [2.45, 2.75) is 25.2 Å². The second kappa shape index (κ2) is 6.40. The fourth-order valence-electron chi connectivity index (χ4n) is 2.06. The molecule has 0 saturated carbocycles. The SMILES string of the molecule is CCOC(=O)C(=O)N1N=C(c2ccc(Cl)cc2)C[C@@]1(O)C(F)(F)F. The molecule has 1 amide bonds. The van der Waals surface area contributed by atoms with Crippen molar-refractivity contribution in [2.24, 2.45) is 5.10 Å². The van der Waals surface area contributed by atoms with Gasteiger partial charge in [-0.1, -0.05) is 23.7 Å². The number of esters is 1. The molecule has 130 valence electrons. The van der Waals surface area contributed by atoms with Crippen molar-refractivity contribution in [3.05, 3.63) is 34.9 Å². The molecule has 0 spiro atoms. The topological polar surface area (TPSA) is 79.2 Å². The first-order valence-corrected chi connectivity index (χ1v) is 7.11. The monoisotopic (exact) mass is 364 g/mol. The number of amides is 1. The van der Waals surface area contributed by atoms with Gasteiger partial charge in [0.25, 0.3) is 5.72 Å². The van der Waals surface area contributed by atoms with Crippen LogP contribution in [0.5, 0.6) is 0 Å². The maximum absolute atomic E-state index is 13.3. The summed E-state index contributed by atoms with van der Waals surface area (Å²) in [5.41, 5.74) is -3.63. The number of carbonyl (C=O) groups is 2. The molecule has 24 heavy (non-hydrogen) atoms. The standard InChI is InChI=1S/C14H12ClF3N2O4/c1-2-24-12(22)11(21)20-13(23,14(16,17)18)7-10(19-20)8-3-5-9(15)6-4-8/h3-6,23H,2,7H2,1H3/t13-/m1/s1. The molecular weight excluding hydrogens is 353 g/mol. The van der Waals surface area contributed by atoms with Gasteiger partial charge < -0.3 is 9.84 Å². The molecule has 0 radical (unpaired) electrons. The first kappa shape index (κ1) is 18.2. The van der Waals surface area contributed by atoms with E-state index in [0.717, 1.165) is 0 Å². The van der Waals surface area contributed by atoms with Gasteiger partial charge in [-0.15, -0.1) is 0 Å². The lowest BCUT2D eigenvalue weighted by Crippen LogP contribution is -2.58. The zero-order valence-electron chi connectivity index (χ0n) is 12.3. The van der Waals surface area contributed by atoms with Gasteiger partial charge in [0, 0.05) is 5.02 Å². The minimum absolute atomic E-state index is 0.212. The minimum Gasteiger partial charge on any atom is -0.459 e. The zero-order chi connectivity index (χ0) is 18.1. The molecule has 0 fully saturated rings. The van der Waals surface area contributed by atoms with E-state index < -0.39 is 30.2 Å². The summed E-state index contributed by atoms with van der Waals surface area (Å²) < 4.78 is 44.2. The Labute approximate surface area is 139 Å². The summed E-state index contributed by atoms with van der Waals surface area (Å²) in [5.74, 6) is -3.25. The molecule has 1 aliphatic heterocycles. The molecule has 0 saturated heterocycles. The summed E-state index contributed by atoms with van der Waals surface area (Å²) in [4.78, 5) is 23.3. The summed E-state index contributed by atoms with van der Waals surface area (Å²) in [6.07, 6.45) is -6.25. The summed E-state index contributed by atoms with van der Waals surface area (Å²) in [6.45, 7) is 1.17. The van der Waals surface area contributed by atoms with Gasteiger partial charge in [0.05, 0.1) is 18.7 Å². The molecule has 10 heteroatoms. The minimum atomic E-state index is -5.23. The Morgan fingerprint density at radius 1 is 1.38 bits per heavy atom. The van der Waals surface area contributed by atoms with Crippen molar-refractivity contribution >= 4 is 29.2 Å². The average Bonchev–Trinajstić information content (AvgIpc) is 2.86. The summed E-state index contributed by atoms with van der Waals surface area (Å²) in [7, 11) is 0. The molecule has 0 bridgehead atoms. The van der Waals surface area contributed by atoms with Crippen LogP contribution in [0.4, 0.5) is 13.2 Å². The van der Waals surface area contributed by atoms with Gasteiger partial charge >= 0.3 is 18.1 Å². The van der Waals surface area contributed by atoms with Crippen molar-refractivity contribution in [1.82, 2.24) is 5.01 Å². The Hall–Kier alpha value is -2.13. The van der Waals surface area contributed by atoms with Crippen LogP contribution in [-0.2, 0) is 14.3 Å². The van der Waals surface area contributed by atoms with Crippen LogP contribution in [0, 0.1) is 0 Å². The van der Waals surface area contributed by atoms with E-state index in [2.05, 4.69) is 9.84 Å². The van der Waals surface area contributed by atoms with Crippen LogP contribution in [0.25, 0.3) is 0 Å². The molecule has 2 rings (SSSR count). The highest BCUT2D eigenvalue weighted by atomic mass is 35.5.